The smallest absolute Gasteiger partial charge is 0.0708 e. The molecule has 1 nitrogen and oxygen atoms in total. The molecule has 3 rings (SSSR count). The number of aryl methyl sites for hydroxylation is 1. The molecule has 1 aliphatic carbocycles. The lowest BCUT2D eigenvalue weighted by molar-refractivity contribution is 1.21. The summed E-state index contributed by atoms with van der Waals surface area (Å²) in [5.74, 6) is 0. The van der Waals surface area contributed by atoms with Gasteiger partial charge in [-0.05, 0) is 36.6 Å². The fourth-order valence-electron chi connectivity index (χ4n) is 2.10. The van der Waals surface area contributed by atoms with E-state index in [9.17, 15) is 0 Å². The number of nitrogens with zero attached hydrogens (tertiary/aromatic N) is 1. The Bertz CT molecular complexity index is 567. The van der Waals surface area contributed by atoms with E-state index in [0.29, 0.717) is 0 Å². The highest BCUT2D eigenvalue weighted by atomic mass is 14.7. The maximum atomic E-state index is 4.52. The lowest BCUT2D eigenvalue weighted by atomic mass is 10.1. The number of hydrogen-bond donors (Lipinski definition) is 0. The molecule has 0 radical (unpaired) electrons. The van der Waals surface area contributed by atoms with Gasteiger partial charge in [0.05, 0.1) is 5.69 Å². The molecule has 0 saturated heterocycles. The van der Waals surface area contributed by atoms with Gasteiger partial charge in [0, 0.05) is 11.8 Å². The molecule has 0 aliphatic heterocycles. The summed E-state index contributed by atoms with van der Waals surface area (Å²) in [7, 11) is 0. The third-order valence-corrected chi connectivity index (χ3v) is 2.97. The zero-order valence-corrected chi connectivity index (χ0v) is 9.27. The van der Waals surface area contributed by atoms with Crippen LogP contribution >= 0.6 is 0 Å². The Morgan fingerprint density at radius 3 is 3.00 bits per heavy atom. The monoisotopic (exact) mass is 207 g/mol. The summed E-state index contributed by atoms with van der Waals surface area (Å²) in [6.07, 6.45) is 7.38. The SMILES string of the molecule is Cc1cccc(-c2cc3c(cn2)CC=C3)c1. The van der Waals surface area contributed by atoms with Gasteiger partial charge in [-0.1, -0.05) is 35.9 Å². The van der Waals surface area contributed by atoms with Crippen LogP contribution in [0.5, 0.6) is 0 Å². The molecule has 0 amide bonds. The Kier molecular flexibility index (Phi) is 2.10. The van der Waals surface area contributed by atoms with Crippen molar-refractivity contribution < 1.29 is 0 Å². The molecule has 0 fully saturated rings. The predicted octanol–water partition coefficient (Wildman–Crippen LogP) is 3.63. The van der Waals surface area contributed by atoms with Crippen molar-refractivity contribution in [3.63, 3.8) is 0 Å². The number of fused-ring (bicyclic) bond motifs is 1. The highest BCUT2D eigenvalue weighted by molar-refractivity contribution is 5.68. The molecule has 1 aromatic heterocycles. The zero-order valence-electron chi connectivity index (χ0n) is 9.27. The molecule has 78 valence electrons. The van der Waals surface area contributed by atoms with Crippen LogP contribution in [-0.2, 0) is 6.42 Å². The molecule has 0 N–H and O–H groups in total. The van der Waals surface area contributed by atoms with Gasteiger partial charge >= 0.3 is 0 Å². The van der Waals surface area contributed by atoms with E-state index in [1.165, 1.54) is 22.3 Å². The van der Waals surface area contributed by atoms with E-state index in [2.05, 4.69) is 54.4 Å². The summed E-state index contributed by atoms with van der Waals surface area (Å²) in [4.78, 5) is 4.52. The molecule has 1 aromatic carbocycles. The highest BCUT2D eigenvalue weighted by Gasteiger charge is 2.07. The molecule has 2 aromatic rings. The summed E-state index contributed by atoms with van der Waals surface area (Å²) in [5, 5.41) is 0. The number of allylic oxidation sites excluding steroid dienone is 1. The second-order valence-electron chi connectivity index (χ2n) is 4.24. The third kappa shape index (κ3) is 1.54. The number of rotatable bonds is 1. The van der Waals surface area contributed by atoms with Gasteiger partial charge in [-0.3, -0.25) is 4.98 Å². The van der Waals surface area contributed by atoms with E-state index in [0.717, 1.165) is 12.1 Å². The van der Waals surface area contributed by atoms with Crippen molar-refractivity contribution in [2.24, 2.45) is 0 Å². The lowest BCUT2D eigenvalue weighted by Crippen LogP contribution is -1.89. The van der Waals surface area contributed by atoms with E-state index in [4.69, 9.17) is 0 Å². The first kappa shape index (κ1) is 9.34. The Morgan fingerprint density at radius 1 is 1.19 bits per heavy atom. The molecule has 0 bridgehead atoms. The van der Waals surface area contributed by atoms with Crippen molar-refractivity contribution in [3.05, 3.63) is 59.3 Å². The van der Waals surface area contributed by atoms with Crippen molar-refractivity contribution in [1.82, 2.24) is 4.98 Å². The fraction of sp³-hybridized carbons (Fsp3) is 0.133. The maximum Gasteiger partial charge on any atom is 0.0708 e. The molecule has 1 heteroatoms. The topological polar surface area (TPSA) is 12.9 Å². The quantitative estimate of drug-likeness (QED) is 0.696. The highest BCUT2D eigenvalue weighted by Crippen LogP contribution is 2.24. The molecule has 0 unspecified atom stereocenters. The second kappa shape index (κ2) is 3.60. The van der Waals surface area contributed by atoms with E-state index < -0.39 is 0 Å². The summed E-state index contributed by atoms with van der Waals surface area (Å²) in [5.41, 5.74) is 6.18. The molecule has 1 heterocycles. The number of aromatic nitrogens is 1. The standard InChI is InChI=1S/C15H13N/c1-11-4-2-6-13(8-11)15-9-12-5-3-7-14(12)10-16-15/h2-6,8-10H,7H2,1H3. The van der Waals surface area contributed by atoms with Crippen LogP contribution in [-0.4, -0.2) is 4.98 Å². The first-order valence-corrected chi connectivity index (χ1v) is 5.55. The van der Waals surface area contributed by atoms with Crippen molar-refractivity contribution in [2.45, 2.75) is 13.3 Å². The van der Waals surface area contributed by atoms with Gasteiger partial charge in [-0.2, -0.15) is 0 Å². The molecular weight excluding hydrogens is 194 g/mol. The minimum absolute atomic E-state index is 1.02. The second-order valence-corrected chi connectivity index (χ2v) is 4.24. The van der Waals surface area contributed by atoms with Crippen LogP contribution in [0.25, 0.3) is 17.3 Å². The van der Waals surface area contributed by atoms with E-state index in [1.54, 1.807) is 0 Å². The van der Waals surface area contributed by atoms with Crippen LogP contribution < -0.4 is 0 Å². The van der Waals surface area contributed by atoms with Crippen LogP contribution in [0.4, 0.5) is 0 Å². The van der Waals surface area contributed by atoms with Crippen LogP contribution in [0.2, 0.25) is 0 Å². The van der Waals surface area contributed by atoms with Crippen molar-refractivity contribution in [2.75, 3.05) is 0 Å². The molecule has 0 spiro atoms. The lowest BCUT2D eigenvalue weighted by Gasteiger charge is -2.04. The largest absolute Gasteiger partial charge is 0.256 e. The summed E-state index contributed by atoms with van der Waals surface area (Å²) < 4.78 is 0. The van der Waals surface area contributed by atoms with Crippen LogP contribution in [0.15, 0.2) is 42.6 Å². The Hall–Kier alpha value is -1.89. The van der Waals surface area contributed by atoms with E-state index in [1.807, 2.05) is 6.20 Å². The van der Waals surface area contributed by atoms with Crippen molar-refractivity contribution in [1.29, 1.82) is 0 Å². The Labute approximate surface area is 95.5 Å². The van der Waals surface area contributed by atoms with Gasteiger partial charge in [0.25, 0.3) is 0 Å². The predicted molar refractivity (Wildman–Crippen MR) is 67.1 cm³/mol. The van der Waals surface area contributed by atoms with Crippen LogP contribution in [0, 0.1) is 6.92 Å². The number of benzene rings is 1. The van der Waals surface area contributed by atoms with E-state index in [-0.39, 0.29) is 0 Å². The first-order valence-electron chi connectivity index (χ1n) is 5.55. The molecule has 0 saturated carbocycles. The average molecular weight is 207 g/mol. The first-order chi connectivity index (χ1) is 7.83. The van der Waals surface area contributed by atoms with Gasteiger partial charge in [0.2, 0.25) is 0 Å². The normalized spacial score (nSPS) is 12.8. The van der Waals surface area contributed by atoms with E-state index >= 15 is 0 Å². The van der Waals surface area contributed by atoms with Crippen molar-refractivity contribution >= 4 is 6.08 Å². The van der Waals surface area contributed by atoms with Gasteiger partial charge in [0.1, 0.15) is 0 Å². The minimum atomic E-state index is 1.02. The Morgan fingerprint density at radius 2 is 2.12 bits per heavy atom. The van der Waals surface area contributed by atoms with Crippen molar-refractivity contribution in [3.8, 4) is 11.3 Å². The third-order valence-electron chi connectivity index (χ3n) is 2.97. The fourth-order valence-corrected chi connectivity index (χ4v) is 2.10. The van der Waals surface area contributed by atoms with Gasteiger partial charge in [-0.15, -0.1) is 0 Å². The van der Waals surface area contributed by atoms with Gasteiger partial charge in [0.15, 0.2) is 0 Å². The molecular formula is C15H13N. The van der Waals surface area contributed by atoms with Gasteiger partial charge in [-0.25, -0.2) is 0 Å². The summed E-state index contributed by atoms with van der Waals surface area (Å²) in [6.45, 7) is 2.11. The summed E-state index contributed by atoms with van der Waals surface area (Å²) >= 11 is 0. The van der Waals surface area contributed by atoms with Crippen LogP contribution in [0.1, 0.15) is 16.7 Å². The van der Waals surface area contributed by atoms with Gasteiger partial charge < -0.3 is 0 Å². The number of pyridine rings is 1. The zero-order chi connectivity index (χ0) is 11.0. The number of hydrogen-bond acceptors (Lipinski definition) is 1. The minimum Gasteiger partial charge on any atom is -0.256 e. The molecule has 16 heavy (non-hydrogen) atoms. The maximum absolute atomic E-state index is 4.52. The average Bonchev–Trinajstić information content (AvgIpc) is 2.75. The Balaban J connectivity index is 2.10. The van der Waals surface area contributed by atoms with Crippen LogP contribution in [0.3, 0.4) is 0 Å². The summed E-state index contributed by atoms with van der Waals surface area (Å²) in [6, 6.07) is 10.6. The molecule has 1 aliphatic rings. The molecule has 0 atom stereocenters.